The first-order chi connectivity index (χ1) is 15.9. The number of amides is 1. The van der Waals surface area contributed by atoms with Crippen molar-refractivity contribution in [2.45, 2.75) is 38.8 Å². The summed E-state index contributed by atoms with van der Waals surface area (Å²) in [4.78, 5) is 26.2. The molecule has 1 aromatic carbocycles. The summed E-state index contributed by atoms with van der Waals surface area (Å²) >= 11 is 0. The standard InChI is InChI=1S/C24H29FN6O2/c1-15-11-31-14-22(27-16(2)23(31)26-15)28-24(32)20-5-4-18(10-21(20)25)29-8-6-17(7-9-29)30-12-19(13-30)33-3/h4-5,10-11,14,17,19H,6-9,12-13H2,1-3H3,(H,28,32). The molecule has 0 unspecified atom stereocenters. The number of ether oxygens (including phenoxy) is 1. The number of anilines is 2. The minimum atomic E-state index is -0.533. The molecule has 5 rings (SSSR count). The maximum Gasteiger partial charge on any atom is 0.259 e. The van der Waals surface area contributed by atoms with Crippen molar-refractivity contribution < 1.29 is 13.9 Å². The average molecular weight is 453 g/mol. The van der Waals surface area contributed by atoms with Gasteiger partial charge in [-0.2, -0.15) is 0 Å². The molecule has 2 fully saturated rings. The van der Waals surface area contributed by atoms with E-state index in [9.17, 15) is 9.18 Å². The third-order valence-electron chi connectivity index (χ3n) is 6.72. The molecule has 0 radical (unpaired) electrons. The highest BCUT2D eigenvalue weighted by atomic mass is 19.1. The number of piperidine rings is 1. The van der Waals surface area contributed by atoms with Gasteiger partial charge in [-0.1, -0.05) is 0 Å². The van der Waals surface area contributed by atoms with Gasteiger partial charge in [-0.3, -0.25) is 9.69 Å². The van der Waals surface area contributed by atoms with Crippen molar-refractivity contribution >= 4 is 23.1 Å². The van der Waals surface area contributed by atoms with Crippen LogP contribution in [0.1, 0.15) is 34.6 Å². The van der Waals surface area contributed by atoms with Gasteiger partial charge in [-0.15, -0.1) is 0 Å². The van der Waals surface area contributed by atoms with E-state index < -0.39 is 11.7 Å². The van der Waals surface area contributed by atoms with E-state index in [0.717, 1.165) is 56.0 Å². The second-order valence-electron chi connectivity index (χ2n) is 8.97. The summed E-state index contributed by atoms with van der Waals surface area (Å²) < 4.78 is 22.1. The molecule has 3 aromatic rings. The first-order valence-corrected chi connectivity index (χ1v) is 11.4. The van der Waals surface area contributed by atoms with Crippen LogP contribution >= 0.6 is 0 Å². The molecule has 2 saturated heterocycles. The minimum absolute atomic E-state index is 0.00110. The summed E-state index contributed by atoms with van der Waals surface area (Å²) in [6.45, 7) is 7.47. The molecule has 0 saturated carbocycles. The van der Waals surface area contributed by atoms with Crippen LogP contribution in [0, 0.1) is 19.7 Å². The Morgan fingerprint density at radius 1 is 1.15 bits per heavy atom. The largest absolute Gasteiger partial charge is 0.379 e. The van der Waals surface area contributed by atoms with E-state index in [1.165, 1.54) is 6.07 Å². The number of halogens is 1. The quantitative estimate of drug-likeness (QED) is 0.642. The maximum atomic E-state index is 14.9. The van der Waals surface area contributed by atoms with Crippen molar-refractivity contribution in [3.05, 3.63) is 53.4 Å². The van der Waals surface area contributed by atoms with Crippen LogP contribution in [0.3, 0.4) is 0 Å². The molecule has 0 aliphatic carbocycles. The van der Waals surface area contributed by atoms with Crippen LogP contribution in [0.25, 0.3) is 5.65 Å². The molecule has 2 aliphatic heterocycles. The van der Waals surface area contributed by atoms with Gasteiger partial charge >= 0.3 is 0 Å². The molecule has 174 valence electrons. The summed E-state index contributed by atoms with van der Waals surface area (Å²) in [5, 5.41) is 2.71. The fourth-order valence-electron chi connectivity index (χ4n) is 4.81. The number of hydrogen-bond donors (Lipinski definition) is 1. The van der Waals surface area contributed by atoms with E-state index in [4.69, 9.17) is 4.74 Å². The van der Waals surface area contributed by atoms with Crippen LogP contribution in [-0.2, 0) is 4.74 Å². The van der Waals surface area contributed by atoms with Gasteiger partial charge in [0.05, 0.1) is 29.3 Å². The molecule has 4 heterocycles. The predicted molar refractivity (Wildman–Crippen MR) is 124 cm³/mol. The normalized spacial score (nSPS) is 18.0. The van der Waals surface area contributed by atoms with Crippen molar-refractivity contribution in [1.82, 2.24) is 19.3 Å². The maximum absolute atomic E-state index is 14.9. The molecule has 2 aromatic heterocycles. The zero-order chi connectivity index (χ0) is 23.1. The highest BCUT2D eigenvalue weighted by Crippen LogP contribution is 2.27. The predicted octanol–water partition coefficient (Wildman–Crippen LogP) is 3.04. The summed E-state index contributed by atoms with van der Waals surface area (Å²) in [5.41, 5.74) is 3.10. The molecule has 0 atom stereocenters. The summed E-state index contributed by atoms with van der Waals surface area (Å²) in [5.74, 6) is -0.699. The lowest BCUT2D eigenvalue weighted by Crippen LogP contribution is -2.58. The van der Waals surface area contributed by atoms with Crippen molar-refractivity contribution in [3.63, 3.8) is 0 Å². The Balaban J connectivity index is 1.23. The Morgan fingerprint density at radius 3 is 2.61 bits per heavy atom. The van der Waals surface area contributed by atoms with Crippen molar-refractivity contribution in [2.24, 2.45) is 0 Å². The van der Waals surface area contributed by atoms with Crippen molar-refractivity contribution in [3.8, 4) is 0 Å². The number of benzene rings is 1. The monoisotopic (exact) mass is 452 g/mol. The van der Waals surface area contributed by atoms with E-state index in [1.807, 2.05) is 30.5 Å². The van der Waals surface area contributed by atoms with Gasteiger partial charge < -0.3 is 19.4 Å². The molecule has 33 heavy (non-hydrogen) atoms. The highest BCUT2D eigenvalue weighted by molar-refractivity contribution is 6.04. The zero-order valence-electron chi connectivity index (χ0n) is 19.2. The molecule has 9 heteroatoms. The number of carbonyl (C=O) groups excluding carboxylic acids is 1. The van der Waals surface area contributed by atoms with E-state index in [1.54, 1.807) is 19.4 Å². The Hall–Kier alpha value is -3.04. The number of nitrogens with zero attached hydrogens (tertiary/aromatic N) is 5. The zero-order valence-corrected chi connectivity index (χ0v) is 19.2. The molecule has 0 spiro atoms. The molecular formula is C24H29FN6O2. The fourth-order valence-corrected chi connectivity index (χ4v) is 4.81. The molecule has 2 aliphatic rings. The number of aryl methyl sites for hydroxylation is 2. The lowest BCUT2D eigenvalue weighted by Gasteiger charge is -2.46. The Labute approximate surface area is 192 Å². The summed E-state index contributed by atoms with van der Waals surface area (Å²) in [6.07, 6.45) is 5.99. The van der Waals surface area contributed by atoms with E-state index in [-0.39, 0.29) is 5.56 Å². The molecule has 0 bridgehead atoms. The SMILES string of the molecule is COC1CN(C2CCN(c3ccc(C(=O)Nc4cn5cc(C)nc5c(C)n4)c(F)c3)CC2)C1. The lowest BCUT2D eigenvalue weighted by molar-refractivity contribution is -0.0546. The minimum Gasteiger partial charge on any atom is -0.379 e. The smallest absolute Gasteiger partial charge is 0.259 e. The third kappa shape index (κ3) is 4.30. The number of carbonyl (C=O) groups is 1. The van der Waals surface area contributed by atoms with Gasteiger partial charge in [0, 0.05) is 51.2 Å². The van der Waals surface area contributed by atoms with Crippen LogP contribution in [-0.4, -0.2) is 70.6 Å². The van der Waals surface area contributed by atoms with Gasteiger partial charge in [0.15, 0.2) is 5.65 Å². The van der Waals surface area contributed by atoms with Gasteiger partial charge in [0.2, 0.25) is 0 Å². The number of nitrogens with one attached hydrogen (secondary N) is 1. The number of aromatic nitrogens is 3. The van der Waals surface area contributed by atoms with Gasteiger partial charge in [-0.25, -0.2) is 14.4 Å². The number of imidazole rings is 1. The summed E-state index contributed by atoms with van der Waals surface area (Å²) in [7, 11) is 1.76. The van der Waals surface area contributed by atoms with Crippen LogP contribution in [0.5, 0.6) is 0 Å². The molecular weight excluding hydrogens is 423 g/mol. The Morgan fingerprint density at radius 2 is 1.91 bits per heavy atom. The van der Waals surface area contributed by atoms with Crippen LogP contribution < -0.4 is 10.2 Å². The number of rotatable bonds is 5. The molecule has 1 amide bonds. The lowest BCUT2D eigenvalue weighted by atomic mass is 9.98. The van der Waals surface area contributed by atoms with Crippen molar-refractivity contribution in [2.75, 3.05) is 43.5 Å². The average Bonchev–Trinajstić information content (AvgIpc) is 3.14. The number of hydrogen-bond acceptors (Lipinski definition) is 6. The Kier molecular flexibility index (Phi) is 5.76. The first-order valence-electron chi connectivity index (χ1n) is 11.4. The van der Waals surface area contributed by atoms with E-state index >= 15 is 0 Å². The Bertz CT molecular complexity index is 1180. The van der Waals surface area contributed by atoms with Crippen molar-refractivity contribution in [1.29, 1.82) is 0 Å². The van der Waals surface area contributed by atoms with Crippen LogP contribution in [0.2, 0.25) is 0 Å². The number of likely N-dealkylation sites (tertiary alicyclic amines) is 1. The van der Waals surface area contributed by atoms with E-state index in [0.29, 0.717) is 23.7 Å². The van der Waals surface area contributed by atoms with Crippen LogP contribution in [0.4, 0.5) is 15.9 Å². The number of methoxy groups -OCH3 is 1. The molecule has 8 nitrogen and oxygen atoms in total. The van der Waals surface area contributed by atoms with Crippen LogP contribution in [0.15, 0.2) is 30.6 Å². The second kappa shape index (κ2) is 8.72. The topological polar surface area (TPSA) is 75.0 Å². The van der Waals surface area contributed by atoms with Gasteiger partial charge in [0.1, 0.15) is 11.6 Å². The second-order valence-corrected chi connectivity index (χ2v) is 8.97. The fraction of sp³-hybridized carbons (Fsp3) is 0.458. The highest BCUT2D eigenvalue weighted by Gasteiger charge is 2.34. The summed E-state index contributed by atoms with van der Waals surface area (Å²) in [6, 6.07) is 5.40. The first kappa shape index (κ1) is 21.8. The van der Waals surface area contributed by atoms with Gasteiger partial charge in [-0.05, 0) is 44.9 Å². The number of fused-ring (bicyclic) bond motifs is 1. The third-order valence-corrected chi connectivity index (χ3v) is 6.72. The van der Waals surface area contributed by atoms with Gasteiger partial charge in [0.25, 0.3) is 5.91 Å². The molecule has 1 N–H and O–H groups in total. The van der Waals surface area contributed by atoms with E-state index in [2.05, 4.69) is 25.1 Å².